The first kappa shape index (κ1) is 16.8. The molecule has 4 nitrogen and oxygen atoms in total. The van der Waals surface area contributed by atoms with Crippen molar-refractivity contribution in [2.45, 2.75) is 40.0 Å². The molecule has 5 heteroatoms. The molecule has 20 heavy (non-hydrogen) atoms. The van der Waals surface area contributed by atoms with Crippen molar-refractivity contribution < 1.29 is 4.79 Å². The molecule has 1 aromatic heterocycles. The number of hydrogen-bond donors (Lipinski definition) is 1. The Morgan fingerprint density at radius 2 is 2.05 bits per heavy atom. The van der Waals surface area contributed by atoms with Gasteiger partial charge in [0.2, 0.25) is 0 Å². The summed E-state index contributed by atoms with van der Waals surface area (Å²) in [5, 5.41) is 3.51. The standard InChI is InChI=1S/C15H24ClN3O/c1-4-7-9-19(6-3)15(20)12-10-13(16)18-14(11-12)17-8-5-2/h10-11H,4-9H2,1-3H3,(H,17,18). The zero-order chi connectivity index (χ0) is 15.0. The average Bonchev–Trinajstić information content (AvgIpc) is 2.45. The third-order valence-corrected chi connectivity index (χ3v) is 3.24. The summed E-state index contributed by atoms with van der Waals surface area (Å²) in [4.78, 5) is 18.5. The zero-order valence-electron chi connectivity index (χ0n) is 12.6. The van der Waals surface area contributed by atoms with Gasteiger partial charge in [-0.1, -0.05) is 31.9 Å². The van der Waals surface area contributed by atoms with Gasteiger partial charge in [-0.3, -0.25) is 4.79 Å². The normalized spacial score (nSPS) is 10.4. The summed E-state index contributed by atoms with van der Waals surface area (Å²) < 4.78 is 0. The highest BCUT2D eigenvalue weighted by Crippen LogP contribution is 2.16. The Balaban J connectivity index is 2.87. The molecule has 0 spiro atoms. The molecule has 1 rings (SSSR count). The third-order valence-electron chi connectivity index (χ3n) is 3.05. The van der Waals surface area contributed by atoms with E-state index in [2.05, 4.69) is 24.1 Å². The summed E-state index contributed by atoms with van der Waals surface area (Å²) >= 11 is 6.00. The van der Waals surface area contributed by atoms with Crippen molar-refractivity contribution in [1.29, 1.82) is 0 Å². The lowest BCUT2D eigenvalue weighted by atomic mass is 10.2. The van der Waals surface area contributed by atoms with E-state index in [0.717, 1.165) is 32.4 Å². The van der Waals surface area contributed by atoms with Crippen LogP contribution < -0.4 is 5.32 Å². The number of anilines is 1. The molecule has 0 aliphatic rings. The van der Waals surface area contributed by atoms with Gasteiger partial charge in [0.25, 0.3) is 5.91 Å². The Kier molecular flexibility index (Phi) is 7.37. The van der Waals surface area contributed by atoms with Crippen LogP contribution in [0.15, 0.2) is 12.1 Å². The number of unbranched alkanes of at least 4 members (excludes halogenated alkanes) is 1. The zero-order valence-corrected chi connectivity index (χ0v) is 13.3. The maximum absolute atomic E-state index is 12.5. The van der Waals surface area contributed by atoms with Gasteiger partial charge in [-0.05, 0) is 31.9 Å². The number of amides is 1. The molecule has 0 fully saturated rings. The predicted octanol–water partition coefficient (Wildman–Crippen LogP) is 3.82. The number of carbonyl (C=O) groups is 1. The van der Waals surface area contributed by atoms with Gasteiger partial charge < -0.3 is 10.2 Å². The van der Waals surface area contributed by atoms with E-state index >= 15 is 0 Å². The molecule has 0 atom stereocenters. The number of nitrogens with one attached hydrogen (secondary N) is 1. The number of halogens is 1. The maximum Gasteiger partial charge on any atom is 0.254 e. The van der Waals surface area contributed by atoms with Gasteiger partial charge in [-0.2, -0.15) is 0 Å². The first-order valence-corrected chi connectivity index (χ1v) is 7.70. The summed E-state index contributed by atoms with van der Waals surface area (Å²) in [6.45, 7) is 8.49. The molecule has 0 unspecified atom stereocenters. The molecular weight excluding hydrogens is 274 g/mol. The largest absolute Gasteiger partial charge is 0.370 e. The molecule has 0 aromatic carbocycles. The molecule has 1 aromatic rings. The van der Waals surface area contributed by atoms with E-state index in [0.29, 0.717) is 23.1 Å². The van der Waals surface area contributed by atoms with Gasteiger partial charge in [-0.15, -0.1) is 0 Å². The molecule has 0 radical (unpaired) electrons. The molecule has 0 bridgehead atoms. The van der Waals surface area contributed by atoms with Crippen molar-refractivity contribution in [3.63, 3.8) is 0 Å². The lowest BCUT2D eigenvalue weighted by Crippen LogP contribution is -2.31. The van der Waals surface area contributed by atoms with Crippen molar-refractivity contribution in [2.24, 2.45) is 0 Å². The topological polar surface area (TPSA) is 45.2 Å². The van der Waals surface area contributed by atoms with Crippen LogP contribution in [-0.2, 0) is 0 Å². The van der Waals surface area contributed by atoms with E-state index in [1.807, 2.05) is 11.8 Å². The molecule has 0 aliphatic carbocycles. The van der Waals surface area contributed by atoms with Crippen LogP contribution in [0.4, 0.5) is 5.82 Å². The second-order valence-electron chi connectivity index (χ2n) is 4.73. The molecule has 112 valence electrons. The van der Waals surface area contributed by atoms with E-state index in [9.17, 15) is 4.79 Å². The molecule has 0 saturated heterocycles. The highest BCUT2D eigenvalue weighted by Gasteiger charge is 2.15. The number of pyridine rings is 1. The van der Waals surface area contributed by atoms with Crippen molar-refractivity contribution in [2.75, 3.05) is 25.0 Å². The summed E-state index contributed by atoms with van der Waals surface area (Å²) in [6.07, 6.45) is 3.08. The quantitative estimate of drug-likeness (QED) is 0.742. The summed E-state index contributed by atoms with van der Waals surface area (Å²) in [7, 11) is 0. The Hall–Kier alpha value is -1.29. The van der Waals surface area contributed by atoms with Crippen molar-refractivity contribution in [1.82, 2.24) is 9.88 Å². The fourth-order valence-corrected chi connectivity index (χ4v) is 2.11. The lowest BCUT2D eigenvalue weighted by molar-refractivity contribution is 0.0762. The van der Waals surface area contributed by atoms with E-state index in [-0.39, 0.29) is 5.91 Å². The third kappa shape index (κ3) is 5.00. The van der Waals surface area contributed by atoms with Crippen LogP contribution in [0.5, 0.6) is 0 Å². The predicted molar refractivity (Wildman–Crippen MR) is 84.5 cm³/mol. The van der Waals surface area contributed by atoms with Crippen LogP contribution >= 0.6 is 11.6 Å². The van der Waals surface area contributed by atoms with Crippen LogP contribution in [0, 0.1) is 0 Å². The molecule has 0 aliphatic heterocycles. The summed E-state index contributed by atoms with van der Waals surface area (Å²) in [5.74, 6) is 0.680. The van der Waals surface area contributed by atoms with E-state index < -0.39 is 0 Å². The van der Waals surface area contributed by atoms with Crippen molar-refractivity contribution in [3.05, 3.63) is 22.8 Å². The van der Waals surface area contributed by atoms with E-state index in [4.69, 9.17) is 11.6 Å². The molecular formula is C15H24ClN3O. The molecule has 0 saturated carbocycles. The van der Waals surface area contributed by atoms with Crippen LogP contribution in [-0.4, -0.2) is 35.4 Å². The first-order chi connectivity index (χ1) is 9.62. The minimum absolute atomic E-state index is 0.0183. The van der Waals surface area contributed by atoms with Gasteiger partial charge in [-0.25, -0.2) is 4.98 Å². The minimum atomic E-state index is 0.0183. The van der Waals surface area contributed by atoms with Crippen LogP contribution in [0.3, 0.4) is 0 Å². The number of hydrogen-bond acceptors (Lipinski definition) is 3. The maximum atomic E-state index is 12.5. The van der Waals surface area contributed by atoms with Gasteiger partial charge in [0, 0.05) is 25.2 Å². The smallest absolute Gasteiger partial charge is 0.254 e. The molecule has 1 heterocycles. The fraction of sp³-hybridized carbons (Fsp3) is 0.600. The Labute approximate surface area is 126 Å². The number of aromatic nitrogens is 1. The summed E-state index contributed by atoms with van der Waals surface area (Å²) in [6, 6.07) is 3.41. The Bertz CT molecular complexity index is 437. The first-order valence-electron chi connectivity index (χ1n) is 7.33. The van der Waals surface area contributed by atoms with Crippen LogP contribution in [0.1, 0.15) is 50.4 Å². The SMILES string of the molecule is CCCCN(CC)C(=O)c1cc(Cl)nc(NCCC)c1. The Morgan fingerprint density at radius 1 is 1.30 bits per heavy atom. The lowest BCUT2D eigenvalue weighted by Gasteiger charge is -2.21. The molecule has 1 amide bonds. The average molecular weight is 298 g/mol. The van der Waals surface area contributed by atoms with Gasteiger partial charge in [0.15, 0.2) is 0 Å². The van der Waals surface area contributed by atoms with Crippen LogP contribution in [0.2, 0.25) is 5.15 Å². The number of carbonyl (C=O) groups excluding carboxylic acids is 1. The number of rotatable bonds is 8. The summed E-state index contributed by atoms with van der Waals surface area (Å²) in [5.41, 5.74) is 0.599. The second kappa shape index (κ2) is 8.80. The molecule has 1 N–H and O–H groups in total. The number of nitrogens with zero attached hydrogens (tertiary/aromatic N) is 2. The minimum Gasteiger partial charge on any atom is -0.370 e. The van der Waals surface area contributed by atoms with E-state index in [1.54, 1.807) is 12.1 Å². The van der Waals surface area contributed by atoms with Crippen LogP contribution in [0.25, 0.3) is 0 Å². The van der Waals surface area contributed by atoms with Gasteiger partial charge >= 0.3 is 0 Å². The second-order valence-corrected chi connectivity index (χ2v) is 5.12. The van der Waals surface area contributed by atoms with E-state index in [1.165, 1.54) is 0 Å². The van der Waals surface area contributed by atoms with Gasteiger partial charge in [0.1, 0.15) is 11.0 Å². The fourth-order valence-electron chi connectivity index (χ4n) is 1.90. The van der Waals surface area contributed by atoms with Crippen molar-refractivity contribution in [3.8, 4) is 0 Å². The highest BCUT2D eigenvalue weighted by atomic mass is 35.5. The monoisotopic (exact) mass is 297 g/mol. The van der Waals surface area contributed by atoms with Gasteiger partial charge in [0.05, 0.1) is 0 Å². The van der Waals surface area contributed by atoms with Crippen molar-refractivity contribution >= 4 is 23.3 Å². The Morgan fingerprint density at radius 3 is 2.65 bits per heavy atom. The highest BCUT2D eigenvalue weighted by molar-refractivity contribution is 6.29.